The van der Waals surface area contributed by atoms with Crippen LogP contribution >= 0.6 is 11.3 Å². The number of nitrogens with zero attached hydrogens (tertiary/aromatic N) is 1. The lowest BCUT2D eigenvalue weighted by atomic mass is 10.1. The molecule has 0 aliphatic heterocycles. The molecule has 0 aliphatic rings. The molecule has 2 aromatic rings. The number of aromatic nitrogens is 1. The summed E-state index contributed by atoms with van der Waals surface area (Å²) in [6.07, 6.45) is 0.0671. The highest BCUT2D eigenvalue weighted by atomic mass is 32.1. The zero-order chi connectivity index (χ0) is 17.5. The van der Waals surface area contributed by atoms with Crippen molar-refractivity contribution >= 4 is 28.3 Å². The minimum absolute atomic E-state index is 0.00764. The van der Waals surface area contributed by atoms with Gasteiger partial charge in [-0.2, -0.15) is 0 Å². The van der Waals surface area contributed by atoms with Gasteiger partial charge >= 0.3 is 5.97 Å². The molecule has 128 valence electrons. The monoisotopic (exact) mass is 352 g/mol. The van der Waals surface area contributed by atoms with Gasteiger partial charge in [0.2, 0.25) is 5.91 Å². The summed E-state index contributed by atoms with van der Waals surface area (Å²) in [6, 6.07) is 4.35. The van der Waals surface area contributed by atoms with Gasteiger partial charge in [-0.25, -0.2) is 9.37 Å². The third-order valence-electron chi connectivity index (χ3n) is 3.01. The maximum atomic E-state index is 13.6. The molecule has 1 aromatic carbocycles. The molecule has 8 heteroatoms. The lowest BCUT2D eigenvalue weighted by Crippen LogP contribution is -2.14. The quantitative estimate of drug-likeness (QED) is 0.775. The maximum Gasteiger partial charge on any atom is 0.311 e. The number of esters is 1. The average Bonchev–Trinajstić information content (AvgIpc) is 2.94. The summed E-state index contributed by atoms with van der Waals surface area (Å²) in [5, 5.41) is 4.69. The topological polar surface area (TPSA) is 77.5 Å². The fourth-order valence-corrected chi connectivity index (χ4v) is 2.70. The van der Waals surface area contributed by atoms with Gasteiger partial charge in [-0.05, 0) is 24.6 Å². The number of anilines is 1. The lowest BCUT2D eigenvalue weighted by Gasteiger charge is -2.05. The number of rotatable bonds is 7. The average molecular weight is 352 g/mol. The zero-order valence-corrected chi connectivity index (χ0v) is 14.1. The molecule has 1 aromatic heterocycles. The van der Waals surface area contributed by atoms with Crippen molar-refractivity contribution in [3.05, 3.63) is 40.7 Å². The molecule has 0 saturated heterocycles. The van der Waals surface area contributed by atoms with Crippen molar-refractivity contribution in [2.75, 3.05) is 19.0 Å². The summed E-state index contributed by atoms with van der Waals surface area (Å²) in [7, 11) is 1.38. The molecule has 1 amide bonds. The van der Waals surface area contributed by atoms with Gasteiger partial charge in [0.05, 0.1) is 32.3 Å². The van der Waals surface area contributed by atoms with Crippen molar-refractivity contribution in [2.45, 2.75) is 19.8 Å². The number of nitrogens with one attached hydrogen (secondary N) is 1. The van der Waals surface area contributed by atoms with Crippen LogP contribution in [-0.2, 0) is 27.2 Å². The molecule has 0 atom stereocenters. The Bertz CT molecular complexity index is 733. The molecule has 0 bridgehead atoms. The summed E-state index contributed by atoms with van der Waals surface area (Å²) in [6.45, 7) is 2.04. The molecule has 0 aliphatic carbocycles. The Morgan fingerprint density at radius 3 is 2.79 bits per heavy atom. The van der Waals surface area contributed by atoms with Crippen LogP contribution in [0.4, 0.5) is 9.52 Å². The second-order valence-electron chi connectivity index (χ2n) is 4.82. The van der Waals surface area contributed by atoms with E-state index in [4.69, 9.17) is 9.47 Å². The number of halogens is 1. The smallest absolute Gasteiger partial charge is 0.311 e. The largest absolute Gasteiger partial charge is 0.494 e. The van der Waals surface area contributed by atoms with Crippen LogP contribution in [0.15, 0.2) is 23.6 Å². The van der Waals surface area contributed by atoms with E-state index in [1.807, 2.05) is 0 Å². The Morgan fingerprint density at radius 2 is 2.12 bits per heavy atom. The SMILES string of the molecule is CCOC(=O)Cc1csc(NC(=O)Cc2ccc(OC)c(F)c2)n1. The Labute approximate surface area is 142 Å². The van der Waals surface area contributed by atoms with E-state index >= 15 is 0 Å². The van der Waals surface area contributed by atoms with Gasteiger partial charge in [0.15, 0.2) is 16.7 Å². The van der Waals surface area contributed by atoms with Gasteiger partial charge in [0.25, 0.3) is 0 Å². The molecular weight excluding hydrogens is 335 g/mol. The fourth-order valence-electron chi connectivity index (χ4n) is 1.97. The van der Waals surface area contributed by atoms with Crippen LogP contribution < -0.4 is 10.1 Å². The lowest BCUT2D eigenvalue weighted by molar-refractivity contribution is -0.142. The summed E-state index contributed by atoms with van der Waals surface area (Å²) >= 11 is 1.21. The molecule has 0 fully saturated rings. The number of methoxy groups -OCH3 is 1. The van der Waals surface area contributed by atoms with E-state index in [-0.39, 0.29) is 30.5 Å². The van der Waals surface area contributed by atoms with Crippen LogP contribution in [0.2, 0.25) is 0 Å². The molecule has 1 heterocycles. The molecule has 1 N–H and O–H groups in total. The molecule has 0 unspecified atom stereocenters. The van der Waals surface area contributed by atoms with Gasteiger partial charge in [0.1, 0.15) is 0 Å². The minimum atomic E-state index is -0.520. The van der Waals surface area contributed by atoms with Crippen molar-refractivity contribution in [1.82, 2.24) is 4.98 Å². The highest BCUT2D eigenvalue weighted by molar-refractivity contribution is 7.13. The first-order valence-corrected chi connectivity index (χ1v) is 8.12. The van der Waals surface area contributed by atoms with Crippen LogP contribution in [0.1, 0.15) is 18.2 Å². The number of carbonyl (C=O) groups is 2. The van der Waals surface area contributed by atoms with E-state index < -0.39 is 5.82 Å². The fraction of sp³-hybridized carbons (Fsp3) is 0.312. The second kappa shape index (κ2) is 8.39. The third-order valence-corrected chi connectivity index (χ3v) is 3.82. The van der Waals surface area contributed by atoms with Gasteiger partial charge in [-0.1, -0.05) is 6.07 Å². The van der Waals surface area contributed by atoms with Crippen LogP contribution in [0.3, 0.4) is 0 Å². The van der Waals surface area contributed by atoms with Gasteiger partial charge in [-0.3, -0.25) is 9.59 Å². The van der Waals surface area contributed by atoms with Crippen LogP contribution in [0, 0.1) is 5.82 Å². The molecular formula is C16H17FN2O4S. The highest BCUT2D eigenvalue weighted by Gasteiger charge is 2.12. The molecule has 24 heavy (non-hydrogen) atoms. The number of hydrogen-bond acceptors (Lipinski definition) is 6. The van der Waals surface area contributed by atoms with E-state index in [2.05, 4.69) is 10.3 Å². The molecule has 6 nitrogen and oxygen atoms in total. The normalized spacial score (nSPS) is 10.3. The van der Waals surface area contributed by atoms with Crippen molar-refractivity contribution in [2.24, 2.45) is 0 Å². The van der Waals surface area contributed by atoms with Crippen LogP contribution in [0.5, 0.6) is 5.75 Å². The number of carbonyl (C=O) groups excluding carboxylic acids is 2. The second-order valence-corrected chi connectivity index (χ2v) is 5.68. The van der Waals surface area contributed by atoms with Crippen molar-refractivity contribution in [1.29, 1.82) is 0 Å². The standard InChI is InChI=1S/C16H17FN2O4S/c1-3-23-15(21)8-11-9-24-16(18-11)19-14(20)7-10-4-5-13(22-2)12(17)6-10/h4-6,9H,3,7-8H2,1-2H3,(H,18,19,20). The first-order chi connectivity index (χ1) is 11.5. The predicted octanol–water partition coefficient (Wildman–Crippen LogP) is 2.58. The van der Waals surface area contributed by atoms with Crippen LogP contribution in [0.25, 0.3) is 0 Å². The first kappa shape index (κ1) is 17.9. The van der Waals surface area contributed by atoms with Gasteiger partial charge in [0, 0.05) is 5.38 Å². The van der Waals surface area contributed by atoms with Crippen molar-refractivity contribution in [3.63, 3.8) is 0 Å². The van der Waals surface area contributed by atoms with Gasteiger partial charge < -0.3 is 14.8 Å². The maximum absolute atomic E-state index is 13.6. The Hall–Kier alpha value is -2.48. The molecule has 0 saturated carbocycles. The van der Waals surface area contributed by atoms with Crippen molar-refractivity contribution < 1.29 is 23.5 Å². The number of thiazole rings is 1. The molecule has 2 rings (SSSR count). The van der Waals surface area contributed by atoms with Gasteiger partial charge in [-0.15, -0.1) is 11.3 Å². The van der Waals surface area contributed by atoms with E-state index in [0.29, 0.717) is 23.0 Å². The summed E-state index contributed by atoms with van der Waals surface area (Å²) < 4.78 is 23.3. The zero-order valence-electron chi connectivity index (χ0n) is 13.3. The molecule has 0 spiro atoms. The minimum Gasteiger partial charge on any atom is -0.494 e. The predicted molar refractivity (Wildman–Crippen MR) is 87.7 cm³/mol. The first-order valence-electron chi connectivity index (χ1n) is 7.24. The third kappa shape index (κ3) is 5.02. The summed E-state index contributed by atoms with van der Waals surface area (Å²) in [5.74, 6) is -1.08. The number of benzene rings is 1. The Morgan fingerprint density at radius 1 is 1.33 bits per heavy atom. The van der Waals surface area contributed by atoms with E-state index in [1.165, 1.54) is 30.6 Å². The number of ether oxygens (including phenoxy) is 2. The van der Waals surface area contributed by atoms with E-state index in [1.54, 1.807) is 18.4 Å². The summed E-state index contributed by atoms with van der Waals surface area (Å²) in [4.78, 5) is 27.5. The van der Waals surface area contributed by atoms with E-state index in [0.717, 1.165) is 0 Å². The number of hydrogen-bond donors (Lipinski definition) is 1. The summed E-state index contributed by atoms with van der Waals surface area (Å²) in [5.41, 5.74) is 1.05. The number of amides is 1. The molecule has 0 radical (unpaired) electrons. The van der Waals surface area contributed by atoms with E-state index in [9.17, 15) is 14.0 Å². The highest BCUT2D eigenvalue weighted by Crippen LogP contribution is 2.19. The Kier molecular flexibility index (Phi) is 6.25. The Balaban J connectivity index is 1.92. The van der Waals surface area contributed by atoms with Crippen molar-refractivity contribution in [3.8, 4) is 5.75 Å². The van der Waals surface area contributed by atoms with Crippen LogP contribution in [-0.4, -0.2) is 30.6 Å².